The number of nitrogens with zero attached hydrogens (tertiary/aromatic N) is 2. The summed E-state index contributed by atoms with van der Waals surface area (Å²) in [6, 6.07) is 8.49. The second-order valence-electron chi connectivity index (χ2n) is 5.71. The summed E-state index contributed by atoms with van der Waals surface area (Å²) >= 11 is 0. The molecule has 0 atom stereocenters. The lowest BCUT2D eigenvalue weighted by Gasteiger charge is -2.32. The number of hydrogen-bond acceptors (Lipinski definition) is 4. The quantitative estimate of drug-likeness (QED) is 0.796. The maximum absolute atomic E-state index is 11.4. The normalized spacial score (nSPS) is 16.9. The van der Waals surface area contributed by atoms with E-state index in [1.54, 1.807) is 0 Å². The van der Waals surface area contributed by atoms with Crippen molar-refractivity contribution in [2.45, 2.75) is 19.5 Å². The average Bonchev–Trinajstić information content (AvgIpc) is 2.49. The molecule has 1 aliphatic heterocycles. The third-order valence-corrected chi connectivity index (χ3v) is 3.89. The van der Waals surface area contributed by atoms with E-state index in [1.165, 1.54) is 5.56 Å². The molecule has 1 aromatic carbocycles. The molecule has 0 saturated carbocycles. The minimum Gasteiger partial charge on any atom is -0.352 e. The zero-order chi connectivity index (χ0) is 15.1. The molecule has 0 spiro atoms. The number of benzene rings is 1. The van der Waals surface area contributed by atoms with Crippen LogP contribution in [-0.4, -0.2) is 55.5 Å². The molecule has 1 amide bonds. The number of nitrogens with two attached hydrogens (primary N) is 1. The monoisotopic (exact) mass is 290 g/mol. The van der Waals surface area contributed by atoms with Crippen LogP contribution >= 0.6 is 0 Å². The highest BCUT2D eigenvalue weighted by Crippen LogP contribution is 2.09. The Kier molecular flexibility index (Phi) is 6.17. The minimum absolute atomic E-state index is 0.0130. The largest absolute Gasteiger partial charge is 0.352 e. The Morgan fingerprint density at radius 3 is 2.38 bits per heavy atom. The number of carbonyl (C=O) groups excluding carboxylic acids is 1. The Hall–Kier alpha value is -1.43. The number of likely N-dealkylation sites (N-methyl/N-ethyl adjacent to an activating group) is 1. The van der Waals surface area contributed by atoms with Gasteiger partial charge in [-0.25, -0.2) is 0 Å². The van der Waals surface area contributed by atoms with Gasteiger partial charge in [-0.15, -0.1) is 0 Å². The van der Waals surface area contributed by atoms with Crippen molar-refractivity contribution in [2.75, 3.05) is 39.8 Å². The Labute approximate surface area is 127 Å². The first-order chi connectivity index (χ1) is 10.2. The van der Waals surface area contributed by atoms with E-state index in [2.05, 4.69) is 46.4 Å². The second kappa shape index (κ2) is 8.12. The number of nitrogens with one attached hydrogen (secondary N) is 1. The van der Waals surface area contributed by atoms with Crippen LogP contribution in [0.15, 0.2) is 24.3 Å². The first-order valence-corrected chi connectivity index (χ1v) is 7.63. The summed E-state index contributed by atoms with van der Waals surface area (Å²) in [6.07, 6.45) is 0.390. The maximum atomic E-state index is 11.4. The summed E-state index contributed by atoms with van der Waals surface area (Å²) in [5.74, 6) is 0.0130. The summed E-state index contributed by atoms with van der Waals surface area (Å²) in [5.41, 5.74) is 7.80. The molecule has 1 aromatic rings. The molecule has 0 aliphatic carbocycles. The molecule has 1 aliphatic rings. The smallest absolute Gasteiger partial charge is 0.221 e. The fourth-order valence-corrected chi connectivity index (χ4v) is 2.45. The zero-order valence-corrected chi connectivity index (χ0v) is 12.8. The van der Waals surface area contributed by atoms with Crippen molar-refractivity contribution in [1.82, 2.24) is 15.1 Å². The number of rotatable bonds is 6. The third kappa shape index (κ3) is 5.46. The average molecular weight is 290 g/mol. The highest BCUT2D eigenvalue weighted by Gasteiger charge is 2.13. The van der Waals surface area contributed by atoms with Gasteiger partial charge in [0, 0.05) is 52.2 Å². The van der Waals surface area contributed by atoms with Crippen molar-refractivity contribution in [3.8, 4) is 0 Å². The highest BCUT2D eigenvalue weighted by molar-refractivity contribution is 5.76. The third-order valence-electron chi connectivity index (χ3n) is 3.89. The van der Waals surface area contributed by atoms with Gasteiger partial charge >= 0.3 is 0 Å². The molecule has 5 nitrogen and oxygen atoms in total. The van der Waals surface area contributed by atoms with Gasteiger partial charge in [0.05, 0.1) is 0 Å². The summed E-state index contributed by atoms with van der Waals surface area (Å²) < 4.78 is 0. The van der Waals surface area contributed by atoms with Gasteiger partial charge in [-0.05, 0) is 18.2 Å². The topological polar surface area (TPSA) is 61.6 Å². The summed E-state index contributed by atoms with van der Waals surface area (Å²) in [6.45, 7) is 6.54. The van der Waals surface area contributed by atoms with E-state index in [0.29, 0.717) is 19.5 Å². The molecule has 3 N–H and O–H groups in total. The molecule has 116 valence electrons. The van der Waals surface area contributed by atoms with E-state index in [4.69, 9.17) is 5.73 Å². The molecule has 5 heteroatoms. The Balaban J connectivity index is 1.77. The number of piperazine rings is 1. The predicted octanol–water partition coefficient (Wildman–Crippen LogP) is 0.399. The van der Waals surface area contributed by atoms with E-state index in [1.807, 2.05) is 0 Å². The van der Waals surface area contributed by atoms with Gasteiger partial charge in [0.2, 0.25) is 5.91 Å². The predicted molar refractivity (Wildman–Crippen MR) is 84.7 cm³/mol. The molecule has 2 rings (SSSR count). The SMILES string of the molecule is CN1CCN(Cc2ccc(CNC(=O)CCN)cc2)CC1. The first-order valence-electron chi connectivity index (χ1n) is 7.63. The molecule has 0 radical (unpaired) electrons. The van der Waals surface area contributed by atoms with Gasteiger partial charge < -0.3 is 16.0 Å². The fraction of sp³-hybridized carbons (Fsp3) is 0.562. The van der Waals surface area contributed by atoms with Crippen LogP contribution in [0.4, 0.5) is 0 Å². The molecule has 0 aromatic heterocycles. The second-order valence-corrected chi connectivity index (χ2v) is 5.71. The molecule has 0 unspecified atom stereocenters. The Bertz CT molecular complexity index is 438. The van der Waals surface area contributed by atoms with Crippen molar-refractivity contribution in [3.63, 3.8) is 0 Å². The van der Waals surface area contributed by atoms with E-state index < -0.39 is 0 Å². The highest BCUT2D eigenvalue weighted by atomic mass is 16.1. The van der Waals surface area contributed by atoms with Crippen molar-refractivity contribution in [3.05, 3.63) is 35.4 Å². The van der Waals surface area contributed by atoms with Crippen molar-refractivity contribution in [1.29, 1.82) is 0 Å². The molecule has 0 bridgehead atoms. The molecule has 1 saturated heterocycles. The Morgan fingerprint density at radius 2 is 1.76 bits per heavy atom. The minimum atomic E-state index is 0.0130. The van der Waals surface area contributed by atoms with Crippen LogP contribution in [0, 0.1) is 0 Å². The molecule has 1 heterocycles. The molecular formula is C16H26N4O. The van der Waals surface area contributed by atoms with Crippen LogP contribution in [-0.2, 0) is 17.9 Å². The van der Waals surface area contributed by atoms with Gasteiger partial charge in [0.1, 0.15) is 0 Å². The van der Waals surface area contributed by atoms with Gasteiger partial charge in [-0.2, -0.15) is 0 Å². The summed E-state index contributed by atoms with van der Waals surface area (Å²) in [4.78, 5) is 16.2. The summed E-state index contributed by atoms with van der Waals surface area (Å²) in [5, 5.41) is 2.87. The zero-order valence-electron chi connectivity index (χ0n) is 12.8. The Morgan fingerprint density at radius 1 is 1.14 bits per heavy atom. The lowest BCUT2D eigenvalue weighted by Crippen LogP contribution is -2.43. The lowest BCUT2D eigenvalue weighted by atomic mass is 10.1. The van der Waals surface area contributed by atoms with Crippen LogP contribution < -0.4 is 11.1 Å². The van der Waals surface area contributed by atoms with Crippen LogP contribution in [0.2, 0.25) is 0 Å². The molecule has 1 fully saturated rings. The van der Waals surface area contributed by atoms with Crippen LogP contribution in [0.5, 0.6) is 0 Å². The van der Waals surface area contributed by atoms with Gasteiger partial charge in [-0.3, -0.25) is 9.69 Å². The maximum Gasteiger partial charge on any atom is 0.221 e. The fourth-order valence-electron chi connectivity index (χ4n) is 2.45. The van der Waals surface area contributed by atoms with E-state index in [9.17, 15) is 4.79 Å². The van der Waals surface area contributed by atoms with E-state index in [0.717, 1.165) is 38.3 Å². The van der Waals surface area contributed by atoms with E-state index in [-0.39, 0.29) is 5.91 Å². The molecule has 21 heavy (non-hydrogen) atoms. The number of hydrogen-bond donors (Lipinski definition) is 2. The standard InChI is InChI=1S/C16H26N4O/c1-19-8-10-20(11-9-19)13-15-4-2-14(3-5-15)12-18-16(21)6-7-17/h2-5H,6-13,17H2,1H3,(H,18,21). The number of amides is 1. The van der Waals surface area contributed by atoms with Gasteiger partial charge in [0.25, 0.3) is 0 Å². The van der Waals surface area contributed by atoms with E-state index >= 15 is 0 Å². The summed E-state index contributed by atoms with van der Waals surface area (Å²) in [7, 11) is 2.17. The van der Waals surface area contributed by atoms with Gasteiger partial charge in [-0.1, -0.05) is 24.3 Å². The molecular weight excluding hydrogens is 264 g/mol. The van der Waals surface area contributed by atoms with Crippen LogP contribution in [0.25, 0.3) is 0 Å². The van der Waals surface area contributed by atoms with Crippen LogP contribution in [0.3, 0.4) is 0 Å². The van der Waals surface area contributed by atoms with Crippen molar-refractivity contribution in [2.24, 2.45) is 5.73 Å². The van der Waals surface area contributed by atoms with Crippen molar-refractivity contribution < 1.29 is 4.79 Å². The van der Waals surface area contributed by atoms with Crippen LogP contribution in [0.1, 0.15) is 17.5 Å². The lowest BCUT2D eigenvalue weighted by molar-refractivity contribution is -0.121. The number of carbonyl (C=O) groups is 1. The van der Waals surface area contributed by atoms with Gasteiger partial charge in [0.15, 0.2) is 0 Å². The van der Waals surface area contributed by atoms with Crippen molar-refractivity contribution >= 4 is 5.91 Å². The first kappa shape index (κ1) is 15.9.